The predicted molar refractivity (Wildman–Crippen MR) is 80.9 cm³/mol. The van der Waals surface area contributed by atoms with Crippen molar-refractivity contribution in [2.45, 2.75) is 31.9 Å². The number of carbonyl (C=O) groups excluding carboxylic acids is 1. The van der Waals surface area contributed by atoms with Crippen molar-refractivity contribution in [2.75, 3.05) is 19.7 Å². The minimum atomic E-state index is -0.681. The number of β-amino-alcohol motifs (C(OH)–C–C–N with tert-alkyl or cyclic N) is 1. The molecule has 0 spiro atoms. The van der Waals surface area contributed by atoms with Gasteiger partial charge in [-0.25, -0.2) is 4.39 Å². The van der Waals surface area contributed by atoms with Crippen LogP contribution in [0.5, 0.6) is 5.75 Å². The summed E-state index contributed by atoms with van der Waals surface area (Å²) in [4.78, 5) is 13.4. The maximum Gasteiger partial charge on any atom is 0.221 e. The normalized spacial score (nSPS) is 24.0. The molecule has 3 N–H and O–H groups in total. The van der Waals surface area contributed by atoms with Crippen LogP contribution in [0.2, 0.25) is 0 Å². The molecule has 0 saturated carbocycles. The fourth-order valence-corrected chi connectivity index (χ4v) is 2.71. The molecule has 1 aliphatic rings. The van der Waals surface area contributed by atoms with Crippen LogP contribution in [-0.4, -0.2) is 47.8 Å². The molecule has 1 fully saturated rings. The number of carbonyl (C=O) groups is 1. The molecule has 0 aliphatic carbocycles. The van der Waals surface area contributed by atoms with Crippen molar-refractivity contribution in [3.63, 3.8) is 0 Å². The standard InChI is InChI=1S/C16H23FN2O3/c1-11-2-3-12(16(18)21)8-19(11)9-14(20)10-22-15-6-4-13(17)5-7-15/h4-7,11-12,14,20H,2-3,8-10H2,1H3,(H2,18,21). The van der Waals surface area contributed by atoms with Gasteiger partial charge in [-0.2, -0.15) is 0 Å². The van der Waals surface area contributed by atoms with E-state index in [9.17, 15) is 14.3 Å². The van der Waals surface area contributed by atoms with E-state index in [1.54, 1.807) is 0 Å². The van der Waals surface area contributed by atoms with Gasteiger partial charge in [0.25, 0.3) is 0 Å². The van der Waals surface area contributed by atoms with Gasteiger partial charge in [0.05, 0.1) is 5.92 Å². The van der Waals surface area contributed by atoms with Crippen LogP contribution in [0.3, 0.4) is 0 Å². The Labute approximate surface area is 129 Å². The van der Waals surface area contributed by atoms with E-state index in [-0.39, 0.29) is 24.2 Å². The lowest BCUT2D eigenvalue weighted by Crippen LogP contribution is -2.49. The number of nitrogens with zero attached hydrogens (tertiary/aromatic N) is 1. The number of halogens is 1. The number of primary amides is 1. The van der Waals surface area contributed by atoms with Crippen molar-refractivity contribution in [3.8, 4) is 5.75 Å². The molecule has 1 aromatic rings. The minimum absolute atomic E-state index is 0.121. The topological polar surface area (TPSA) is 75.8 Å². The molecular weight excluding hydrogens is 287 g/mol. The van der Waals surface area contributed by atoms with Crippen LogP contribution >= 0.6 is 0 Å². The predicted octanol–water partition coefficient (Wildman–Crippen LogP) is 1.15. The third kappa shape index (κ3) is 4.68. The van der Waals surface area contributed by atoms with Crippen LogP contribution in [0.4, 0.5) is 4.39 Å². The molecule has 0 radical (unpaired) electrons. The number of piperidine rings is 1. The lowest BCUT2D eigenvalue weighted by atomic mass is 9.93. The minimum Gasteiger partial charge on any atom is -0.491 e. The molecule has 1 aromatic carbocycles. The summed E-state index contributed by atoms with van der Waals surface area (Å²) in [5.74, 6) is -0.245. The highest BCUT2D eigenvalue weighted by molar-refractivity contribution is 5.76. The van der Waals surface area contributed by atoms with Crippen molar-refractivity contribution >= 4 is 5.91 Å². The SMILES string of the molecule is CC1CCC(C(N)=O)CN1CC(O)COc1ccc(F)cc1. The molecule has 1 aliphatic heterocycles. The van der Waals surface area contributed by atoms with E-state index in [0.29, 0.717) is 24.9 Å². The summed E-state index contributed by atoms with van der Waals surface area (Å²) >= 11 is 0. The first-order chi connectivity index (χ1) is 10.5. The third-order valence-corrected chi connectivity index (χ3v) is 4.11. The highest BCUT2D eigenvalue weighted by Gasteiger charge is 2.29. The number of likely N-dealkylation sites (tertiary alicyclic amines) is 1. The van der Waals surface area contributed by atoms with E-state index < -0.39 is 6.10 Å². The number of hydrogen-bond donors (Lipinski definition) is 2. The second kappa shape index (κ2) is 7.56. The van der Waals surface area contributed by atoms with E-state index in [1.165, 1.54) is 24.3 Å². The summed E-state index contributed by atoms with van der Waals surface area (Å²) in [5, 5.41) is 10.1. The van der Waals surface area contributed by atoms with Gasteiger partial charge in [-0.3, -0.25) is 9.69 Å². The summed E-state index contributed by atoms with van der Waals surface area (Å²) in [5.41, 5.74) is 5.37. The first-order valence-electron chi connectivity index (χ1n) is 7.55. The van der Waals surface area contributed by atoms with E-state index in [1.807, 2.05) is 0 Å². The largest absolute Gasteiger partial charge is 0.491 e. The summed E-state index contributed by atoms with van der Waals surface area (Å²) in [6, 6.07) is 5.97. The maximum atomic E-state index is 12.8. The average Bonchev–Trinajstić information content (AvgIpc) is 2.48. The van der Waals surface area contributed by atoms with Crippen LogP contribution in [0.1, 0.15) is 19.8 Å². The van der Waals surface area contributed by atoms with E-state index in [4.69, 9.17) is 10.5 Å². The zero-order valence-electron chi connectivity index (χ0n) is 12.7. The molecule has 3 atom stereocenters. The van der Waals surface area contributed by atoms with Gasteiger partial charge in [-0.1, -0.05) is 0 Å². The first kappa shape index (κ1) is 16.7. The first-order valence-corrected chi connectivity index (χ1v) is 7.55. The second-order valence-corrected chi connectivity index (χ2v) is 5.90. The Morgan fingerprint density at radius 2 is 2.14 bits per heavy atom. The monoisotopic (exact) mass is 310 g/mol. The van der Waals surface area contributed by atoms with Gasteiger partial charge in [-0.05, 0) is 44.0 Å². The summed E-state index contributed by atoms with van der Waals surface area (Å²) in [6.07, 6.45) is 1.01. The van der Waals surface area contributed by atoms with Gasteiger partial charge >= 0.3 is 0 Å². The molecule has 1 amide bonds. The second-order valence-electron chi connectivity index (χ2n) is 5.90. The Morgan fingerprint density at radius 1 is 1.45 bits per heavy atom. The number of rotatable bonds is 6. The molecular formula is C16H23FN2O3. The molecule has 1 saturated heterocycles. The third-order valence-electron chi connectivity index (χ3n) is 4.11. The molecule has 6 heteroatoms. The van der Waals surface area contributed by atoms with Crippen molar-refractivity contribution in [2.24, 2.45) is 11.7 Å². The Hall–Kier alpha value is -1.66. The number of amides is 1. The van der Waals surface area contributed by atoms with Crippen molar-refractivity contribution in [1.82, 2.24) is 4.90 Å². The van der Waals surface area contributed by atoms with E-state index >= 15 is 0 Å². The van der Waals surface area contributed by atoms with Gasteiger partial charge in [0.1, 0.15) is 24.3 Å². The smallest absolute Gasteiger partial charge is 0.221 e. The highest BCUT2D eigenvalue weighted by Crippen LogP contribution is 2.22. The van der Waals surface area contributed by atoms with Crippen molar-refractivity contribution in [1.29, 1.82) is 0 Å². The van der Waals surface area contributed by atoms with Gasteiger partial charge in [-0.15, -0.1) is 0 Å². The fraction of sp³-hybridized carbons (Fsp3) is 0.562. The average molecular weight is 310 g/mol. The quantitative estimate of drug-likeness (QED) is 0.826. The summed E-state index contributed by atoms with van der Waals surface area (Å²) in [6.45, 7) is 3.19. The highest BCUT2D eigenvalue weighted by atomic mass is 19.1. The maximum absolute atomic E-state index is 12.8. The summed E-state index contributed by atoms with van der Waals surface area (Å²) < 4.78 is 18.2. The lowest BCUT2D eigenvalue weighted by molar-refractivity contribution is -0.124. The molecule has 0 bridgehead atoms. The van der Waals surface area contributed by atoms with Gasteiger partial charge in [0.15, 0.2) is 0 Å². The molecule has 2 rings (SSSR count). The Kier molecular flexibility index (Phi) is 5.74. The zero-order chi connectivity index (χ0) is 16.1. The number of aliphatic hydroxyl groups is 1. The van der Waals surface area contributed by atoms with Crippen LogP contribution in [-0.2, 0) is 4.79 Å². The van der Waals surface area contributed by atoms with Crippen LogP contribution in [0.15, 0.2) is 24.3 Å². The van der Waals surface area contributed by atoms with E-state index in [0.717, 1.165) is 12.8 Å². The van der Waals surface area contributed by atoms with Crippen molar-refractivity contribution < 1.29 is 19.0 Å². The van der Waals surface area contributed by atoms with E-state index in [2.05, 4.69) is 11.8 Å². The zero-order valence-corrected chi connectivity index (χ0v) is 12.7. The Balaban J connectivity index is 1.81. The fourth-order valence-electron chi connectivity index (χ4n) is 2.71. The van der Waals surface area contributed by atoms with Gasteiger partial charge in [0, 0.05) is 19.1 Å². The van der Waals surface area contributed by atoms with Crippen LogP contribution < -0.4 is 10.5 Å². The summed E-state index contributed by atoms with van der Waals surface area (Å²) in [7, 11) is 0. The number of nitrogens with two attached hydrogens (primary N) is 1. The lowest BCUT2D eigenvalue weighted by Gasteiger charge is -2.37. The molecule has 3 unspecified atom stereocenters. The Bertz CT molecular complexity index is 495. The van der Waals surface area contributed by atoms with Gasteiger partial charge < -0.3 is 15.6 Å². The number of aliphatic hydroxyl groups excluding tert-OH is 1. The van der Waals surface area contributed by atoms with Crippen LogP contribution in [0.25, 0.3) is 0 Å². The number of ether oxygens (including phenoxy) is 1. The van der Waals surface area contributed by atoms with Crippen LogP contribution in [0, 0.1) is 11.7 Å². The molecule has 0 aromatic heterocycles. The molecule has 1 heterocycles. The molecule has 22 heavy (non-hydrogen) atoms. The number of hydrogen-bond acceptors (Lipinski definition) is 4. The molecule has 5 nitrogen and oxygen atoms in total. The van der Waals surface area contributed by atoms with Crippen molar-refractivity contribution in [3.05, 3.63) is 30.1 Å². The number of benzene rings is 1. The molecule has 122 valence electrons. The Morgan fingerprint density at radius 3 is 2.77 bits per heavy atom. The van der Waals surface area contributed by atoms with Gasteiger partial charge in [0.2, 0.25) is 5.91 Å².